The molecular formula is C45H58N6O7. The van der Waals surface area contributed by atoms with Crippen LogP contribution in [-0.2, 0) is 21.9 Å². The van der Waals surface area contributed by atoms with Crippen LogP contribution in [0.25, 0.3) is 22.0 Å². The Kier molecular flexibility index (Phi) is 11.7. The van der Waals surface area contributed by atoms with E-state index in [2.05, 4.69) is 28.9 Å². The first kappa shape index (κ1) is 40.1. The molecule has 2 unspecified atom stereocenters. The summed E-state index contributed by atoms with van der Waals surface area (Å²) in [7, 11) is 3.33. The van der Waals surface area contributed by atoms with Crippen molar-refractivity contribution in [2.45, 2.75) is 89.0 Å². The van der Waals surface area contributed by atoms with E-state index in [4.69, 9.17) is 24.2 Å². The van der Waals surface area contributed by atoms with E-state index in [1.807, 2.05) is 31.3 Å². The van der Waals surface area contributed by atoms with Gasteiger partial charge >= 0.3 is 6.09 Å². The maximum absolute atomic E-state index is 12.6. The van der Waals surface area contributed by atoms with Crippen molar-refractivity contribution in [2.24, 2.45) is 18.9 Å². The van der Waals surface area contributed by atoms with Gasteiger partial charge in [-0.05, 0) is 99.6 Å². The number of aryl methyl sites for hydroxylation is 1. The zero-order chi connectivity index (χ0) is 40.6. The molecule has 1 aliphatic carbocycles. The summed E-state index contributed by atoms with van der Waals surface area (Å²) in [6.07, 6.45) is 8.63. The fourth-order valence-electron chi connectivity index (χ4n) is 9.39. The van der Waals surface area contributed by atoms with Gasteiger partial charge < -0.3 is 38.8 Å². The second kappa shape index (κ2) is 16.9. The van der Waals surface area contributed by atoms with Crippen molar-refractivity contribution in [3.05, 3.63) is 76.3 Å². The summed E-state index contributed by atoms with van der Waals surface area (Å²) in [4.78, 5) is 41.7. The lowest BCUT2D eigenvalue weighted by atomic mass is 9.72. The summed E-state index contributed by atoms with van der Waals surface area (Å²) in [5, 5.41) is 21.1. The van der Waals surface area contributed by atoms with Crippen LogP contribution < -0.4 is 15.2 Å². The van der Waals surface area contributed by atoms with E-state index in [-0.39, 0.29) is 29.7 Å². The normalized spacial score (nSPS) is 23.2. The van der Waals surface area contributed by atoms with Crippen LogP contribution in [0.5, 0.6) is 11.5 Å². The quantitative estimate of drug-likeness (QED) is 0.160. The predicted octanol–water partition coefficient (Wildman–Crippen LogP) is 6.63. The van der Waals surface area contributed by atoms with Gasteiger partial charge in [0.05, 0.1) is 30.3 Å². The number of amides is 1. The monoisotopic (exact) mass is 794 g/mol. The number of ether oxygens (including phenoxy) is 3. The van der Waals surface area contributed by atoms with Crippen LogP contribution in [0.2, 0.25) is 0 Å². The second-order valence-electron chi connectivity index (χ2n) is 17.2. The third-order valence-electron chi connectivity index (χ3n) is 13.0. The number of hydrogen-bond donors (Lipinski definition) is 2. The summed E-state index contributed by atoms with van der Waals surface area (Å²) in [5.41, 5.74) is 3.56. The topological polar surface area (TPSA) is 143 Å². The minimum Gasteiger partial charge on any atom is -0.508 e. The molecule has 13 nitrogen and oxygen atoms in total. The predicted molar refractivity (Wildman–Crippen MR) is 223 cm³/mol. The number of nitrogens with zero attached hydrogens (tertiary/aromatic N) is 6. The maximum atomic E-state index is 12.6. The molecule has 3 aliphatic heterocycles. The van der Waals surface area contributed by atoms with Gasteiger partial charge in [-0.3, -0.25) is 9.69 Å². The smallest absolute Gasteiger partial charge is 0.407 e. The lowest BCUT2D eigenvalue weighted by molar-refractivity contribution is -0.170. The van der Waals surface area contributed by atoms with E-state index in [9.17, 15) is 19.8 Å². The SMILES string of the molecule is COc1cc(=O)n(C)cc1-c1ccc2nc(N3CCC(CN4C[C@@H](C)N(C(=O)O)C[C@@H]4C)CC3)nc(C(COC3CCCCO3)(CC3CC3)c3ccc(O)cc3)c2c1. The molecule has 13 heteroatoms. The Labute approximate surface area is 340 Å². The van der Waals surface area contributed by atoms with Crippen molar-refractivity contribution >= 4 is 22.9 Å². The number of fused-ring (bicyclic) bond motifs is 1. The van der Waals surface area contributed by atoms with Gasteiger partial charge in [-0.25, -0.2) is 14.8 Å². The number of pyridine rings is 1. The fraction of sp³-hybridized carbons (Fsp3) is 0.556. The molecule has 8 rings (SSSR count). The minimum atomic E-state index is -0.842. The third-order valence-corrected chi connectivity index (χ3v) is 13.0. The summed E-state index contributed by atoms with van der Waals surface area (Å²) < 4.78 is 20.2. The van der Waals surface area contributed by atoms with Gasteiger partial charge in [0.25, 0.3) is 5.56 Å². The van der Waals surface area contributed by atoms with E-state index in [1.165, 1.54) is 6.07 Å². The van der Waals surface area contributed by atoms with E-state index in [0.29, 0.717) is 43.3 Å². The number of piperazine rings is 1. The minimum absolute atomic E-state index is 0.0354. The molecular weight excluding hydrogens is 737 g/mol. The average molecular weight is 795 g/mol. The van der Waals surface area contributed by atoms with Crippen LogP contribution in [0, 0.1) is 11.8 Å². The highest BCUT2D eigenvalue weighted by Crippen LogP contribution is 2.48. The Balaban J connectivity index is 1.20. The first-order valence-corrected chi connectivity index (χ1v) is 21.1. The molecule has 58 heavy (non-hydrogen) atoms. The summed E-state index contributed by atoms with van der Waals surface area (Å²) in [6.45, 7) is 9.00. The van der Waals surface area contributed by atoms with Gasteiger partial charge in [-0.15, -0.1) is 0 Å². The zero-order valence-corrected chi connectivity index (χ0v) is 34.3. The molecule has 4 aromatic rings. The fourth-order valence-corrected chi connectivity index (χ4v) is 9.39. The Hall–Kier alpha value is -4.72. The van der Waals surface area contributed by atoms with Gasteiger partial charge in [0, 0.05) is 81.7 Å². The van der Waals surface area contributed by atoms with E-state index in [1.54, 1.807) is 35.8 Å². The van der Waals surface area contributed by atoms with Crippen molar-refractivity contribution < 1.29 is 29.2 Å². The molecule has 4 aliphatic rings. The van der Waals surface area contributed by atoms with E-state index in [0.717, 1.165) is 111 Å². The highest BCUT2D eigenvalue weighted by Gasteiger charge is 2.44. The molecule has 2 aromatic carbocycles. The molecule has 2 aromatic heterocycles. The molecule has 0 radical (unpaired) electrons. The number of anilines is 1. The highest BCUT2D eigenvalue weighted by molar-refractivity contribution is 5.89. The highest BCUT2D eigenvalue weighted by atomic mass is 16.7. The van der Waals surface area contributed by atoms with Crippen molar-refractivity contribution in [1.29, 1.82) is 0 Å². The van der Waals surface area contributed by atoms with Crippen molar-refractivity contribution in [3.8, 4) is 22.6 Å². The number of aromatic nitrogens is 3. The molecule has 1 saturated carbocycles. The summed E-state index contributed by atoms with van der Waals surface area (Å²) in [5.74, 6) is 2.36. The number of hydrogen-bond acceptors (Lipinski definition) is 10. The number of carboxylic acid groups (broad SMARTS) is 1. The molecule has 1 amide bonds. The lowest BCUT2D eigenvalue weighted by Crippen LogP contribution is -2.58. The molecule has 4 fully saturated rings. The van der Waals surface area contributed by atoms with Gasteiger partial charge in [0.2, 0.25) is 5.95 Å². The summed E-state index contributed by atoms with van der Waals surface area (Å²) >= 11 is 0. The zero-order valence-electron chi connectivity index (χ0n) is 34.3. The van der Waals surface area contributed by atoms with E-state index < -0.39 is 11.5 Å². The van der Waals surface area contributed by atoms with Crippen LogP contribution in [0.15, 0.2) is 59.5 Å². The van der Waals surface area contributed by atoms with Gasteiger partial charge in [0.15, 0.2) is 6.29 Å². The number of carbonyl (C=O) groups is 1. The Morgan fingerprint density at radius 3 is 2.41 bits per heavy atom. The summed E-state index contributed by atoms with van der Waals surface area (Å²) in [6, 6.07) is 15.4. The Morgan fingerprint density at radius 2 is 1.72 bits per heavy atom. The number of methoxy groups -OCH3 is 1. The molecule has 2 N–H and O–H groups in total. The van der Waals surface area contributed by atoms with Crippen LogP contribution in [0.4, 0.5) is 10.7 Å². The van der Waals surface area contributed by atoms with Crippen molar-refractivity contribution in [3.63, 3.8) is 0 Å². The number of benzene rings is 2. The number of rotatable bonds is 12. The maximum Gasteiger partial charge on any atom is 0.407 e. The van der Waals surface area contributed by atoms with Crippen LogP contribution in [-0.4, -0.2) is 112 Å². The van der Waals surface area contributed by atoms with Crippen LogP contribution in [0.1, 0.15) is 76.5 Å². The molecule has 0 spiro atoms. The largest absolute Gasteiger partial charge is 0.508 e. The number of phenols is 1. The molecule has 5 heterocycles. The van der Waals surface area contributed by atoms with Crippen LogP contribution in [0.3, 0.4) is 0 Å². The second-order valence-corrected chi connectivity index (χ2v) is 17.2. The van der Waals surface area contributed by atoms with Crippen LogP contribution >= 0.6 is 0 Å². The first-order valence-electron chi connectivity index (χ1n) is 21.1. The van der Waals surface area contributed by atoms with Crippen molar-refractivity contribution in [2.75, 3.05) is 57.9 Å². The standard InChI is InChI=1S/C45H58N6O7/c1-29-25-51(44(54)55)30(2)24-50(29)26-32-16-18-49(19-17-32)43-46-38-15-10-33(37-27-48(3)40(53)22-39(37)56-4)21-36(38)42(47-43)45(23-31-8-9-31,34-11-13-35(52)14-12-34)28-58-41-7-5-6-20-57-41/h10-15,21-22,27,29-32,41,52H,5-9,16-20,23-26,28H2,1-4H3,(H,54,55)/t29-,30+,41?,45?/m0/s1. The molecule has 310 valence electrons. The number of aromatic hydroxyl groups is 1. The number of piperidine rings is 1. The van der Waals surface area contributed by atoms with Gasteiger partial charge in [-0.1, -0.05) is 31.0 Å². The average Bonchev–Trinajstić information content (AvgIpc) is 4.06. The Morgan fingerprint density at radius 1 is 0.948 bits per heavy atom. The third kappa shape index (κ3) is 8.39. The molecule has 4 atom stereocenters. The lowest BCUT2D eigenvalue weighted by Gasteiger charge is -2.45. The number of phenolic OH excluding ortho intramolecular Hbond substituents is 1. The van der Waals surface area contributed by atoms with Gasteiger partial charge in [-0.2, -0.15) is 0 Å². The van der Waals surface area contributed by atoms with E-state index >= 15 is 0 Å². The molecule has 0 bridgehead atoms. The Bertz CT molecular complexity index is 2140. The van der Waals surface area contributed by atoms with Crippen molar-refractivity contribution in [1.82, 2.24) is 24.3 Å². The molecule has 3 saturated heterocycles. The first-order chi connectivity index (χ1) is 28.0. The van der Waals surface area contributed by atoms with Gasteiger partial charge in [0.1, 0.15) is 11.5 Å².